The number of halogens is 1. The van der Waals surface area contributed by atoms with Gasteiger partial charge in [-0.1, -0.05) is 25.1 Å². The number of benzene rings is 2. The quantitative estimate of drug-likeness (QED) is 0.233. The molecular weight excluding hydrogens is 541 g/mol. The molecule has 1 aromatic heterocycles. The Bertz CT molecular complexity index is 1410. The van der Waals surface area contributed by atoms with Crippen LogP contribution in [0.25, 0.3) is 10.9 Å². The molecule has 3 heterocycles. The number of nitrogens with one attached hydrogen (secondary N) is 2. The molecule has 1 saturated heterocycles. The van der Waals surface area contributed by atoms with E-state index >= 15 is 4.11 Å². The van der Waals surface area contributed by atoms with Crippen LogP contribution in [0.2, 0.25) is 18.6 Å². The van der Waals surface area contributed by atoms with Crippen LogP contribution in [0.15, 0.2) is 48.7 Å². The van der Waals surface area contributed by atoms with Crippen LogP contribution in [-0.2, 0) is 20.7 Å². The van der Waals surface area contributed by atoms with Gasteiger partial charge >= 0.3 is 0 Å². The fraction of sp³-hybridized carbons (Fsp3) is 0.484. The van der Waals surface area contributed by atoms with E-state index in [-0.39, 0.29) is 43.2 Å². The van der Waals surface area contributed by atoms with Crippen LogP contribution < -0.4 is 10.1 Å². The first-order valence-corrected chi connectivity index (χ1v) is 17.3. The van der Waals surface area contributed by atoms with Crippen LogP contribution in [0, 0.1) is 5.92 Å². The highest BCUT2D eigenvalue weighted by molar-refractivity contribution is 6.72. The molecule has 2 amide bonds. The first-order chi connectivity index (χ1) is 19.6. The van der Waals surface area contributed by atoms with Gasteiger partial charge in [-0.2, -0.15) is 0 Å². The largest absolute Gasteiger partial charge is 0.490 e. The zero-order chi connectivity index (χ0) is 29.3. The second-order valence-corrected chi connectivity index (χ2v) is 15.7. The van der Waals surface area contributed by atoms with Crippen molar-refractivity contribution in [1.82, 2.24) is 9.88 Å². The number of nitrogens with zero attached hydrogens (tertiary/aromatic N) is 1. The van der Waals surface area contributed by atoms with E-state index in [1.54, 1.807) is 37.2 Å². The minimum Gasteiger partial charge on any atom is -0.490 e. The molecule has 2 aromatic carbocycles. The molecule has 3 aromatic rings. The third-order valence-electron chi connectivity index (χ3n) is 8.72. The van der Waals surface area contributed by atoms with Crippen molar-refractivity contribution in [1.29, 1.82) is 0 Å². The normalized spacial score (nSPS) is 23.2. The summed E-state index contributed by atoms with van der Waals surface area (Å²) in [6, 6.07) is 13.1. The molecule has 3 N–H and O–H groups in total. The van der Waals surface area contributed by atoms with Gasteiger partial charge in [0.15, 0.2) is 0 Å². The zero-order valence-electron chi connectivity index (χ0n) is 24.2. The molecule has 5 rings (SSSR count). The van der Waals surface area contributed by atoms with Gasteiger partial charge in [0.2, 0.25) is 20.2 Å². The molecular formula is C31H40FN3O5Si. The number of anilines is 1. The van der Waals surface area contributed by atoms with E-state index in [0.29, 0.717) is 18.0 Å². The second kappa shape index (κ2) is 12.0. The third kappa shape index (κ3) is 6.05. The lowest BCUT2D eigenvalue weighted by Gasteiger charge is -2.43. The number of likely N-dealkylation sites (tertiary alicyclic amines) is 1. The fourth-order valence-corrected chi connectivity index (χ4v) is 8.33. The number of aromatic nitrogens is 1. The number of fused-ring (bicyclic) bond motifs is 2. The third-order valence-corrected chi connectivity index (χ3v) is 11.0. The molecule has 41 heavy (non-hydrogen) atoms. The average Bonchev–Trinajstić information content (AvgIpc) is 3.58. The molecule has 1 fully saturated rings. The molecule has 0 spiro atoms. The summed E-state index contributed by atoms with van der Waals surface area (Å²) in [4.78, 5) is 31.1. The Kier molecular flexibility index (Phi) is 8.54. The molecule has 0 saturated carbocycles. The van der Waals surface area contributed by atoms with Crippen molar-refractivity contribution < 1.29 is 28.3 Å². The average molecular weight is 582 g/mol. The van der Waals surface area contributed by atoms with Gasteiger partial charge in [-0.15, -0.1) is 0 Å². The summed E-state index contributed by atoms with van der Waals surface area (Å²) in [6.45, 7) is 5.72. The number of aliphatic hydroxyl groups is 1. The molecule has 8 nitrogen and oxygen atoms in total. The molecule has 1 unspecified atom stereocenters. The number of hydrogen-bond acceptors (Lipinski definition) is 5. The van der Waals surface area contributed by atoms with E-state index in [1.807, 2.05) is 43.5 Å². The minimum absolute atomic E-state index is 0.0367. The fourth-order valence-electron chi connectivity index (χ4n) is 6.52. The van der Waals surface area contributed by atoms with Crippen molar-refractivity contribution in [2.45, 2.75) is 69.5 Å². The van der Waals surface area contributed by atoms with Crippen molar-refractivity contribution in [2.75, 3.05) is 25.6 Å². The molecule has 10 heteroatoms. The van der Waals surface area contributed by atoms with Crippen LogP contribution in [-0.4, -0.2) is 67.6 Å². The van der Waals surface area contributed by atoms with Gasteiger partial charge in [0.05, 0.1) is 25.2 Å². The van der Waals surface area contributed by atoms with Gasteiger partial charge in [-0.25, -0.2) is 0 Å². The van der Waals surface area contributed by atoms with E-state index in [4.69, 9.17) is 9.47 Å². The summed E-state index contributed by atoms with van der Waals surface area (Å²) in [5.41, 5.74) is 2.72. The van der Waals surface area contributed by atoms with E-state index in [9.17, 15) is 14.7 Å². The monoisotopic (exact) mass is 581 g/mol. The van der Waals surface area contributed by atoms with E-state index < -0.39 is 26.2 Å². The van der Waals surface area contributed by atoms with Crippen molar-refractivity contribution in [3.63, 3.8) is 0 Å². The number of rotatable bonds is 9. The molecule has 0 radical (unpaired) electrons. The van der Waals surface area contributed by atoms with Gasteiger partial charge in [0.25, 0.3) is 0 Å². The molecule has 5 atom stereocenters. The summed E-state index contributed by atoms with van der Waals surface area (Å²) in [5, 5.41) is 13.7. The van der Waals surface area contributed by atoms with Gasteiger partial charge in [0.1, 0.15) is 11.9 Å². The van der Waals surface area contributed by atoms with Crippen molar-refractivity contribution in [3.05, 3.63) is 59.8 Å². The molecule has 220 valence electrons. The van der Waals surface area contributed by atoms with Crippen LogP contribution in [0.4, 0.5) is 9.80 Å². The molecule has 0 aliphatic carbocycles. The Balaban J connectivity index is 1.34. The van der Waals surface area contributed by atoms with Crippen LogP contribution >= 0.6 is 0 Å². The number of hydrogen-bond donors (Lipinski definition) is 3. The number of para-hydroxylation sites is 1. The number of H-pyrrole nitrogens is 1. The highest BCUT2D eigenvalue weighted by Crippen LogP contribution is 2.48. The van der Waals surface area contributed by atoms with E-state index in [2.05, 4.69) is 10.3 Å². The SMILES string of the molecule is CO[C@@H]1c2cc(NC(=O)Cc3c[nH]c4ccccc34)ccc2O[C@H](C(CC(=O)N2CCC[C@H]2CO)[Si](C)(C)F)[C@H]1C. The van der Waals surface area contributed by atoms with Gasteiger partial charge in [-0.3, -0.25) is 9.59 Å². The maximum Gasteiger partial charge on any atom is 0.248 e. The standard InChI is InChI=1S/C31H40FN3O5Si/c1-19-30(39-2)24-15-21(34-28(37)14-20-17-33-25-10-6-5-9-23(20)25)11-12-26(24)40-31(19)27(41(3,4)32)16-29(38)35-13-7-8-22(35)18-36/h5-6,9-12,15,17,19,22,27,30-31,33,36H,7-8,13-14,16,18H2,1-4H3,(H,34,37)/t19-,22-,27?,30-,31-/m0/s1. The number of aromatic amines is 1. The predicted octanol–water partition coefficient (Wildman–Crippen LogP) is 5.35. The smallest absolute Gasteiger partial charge is 0.248 e. The molecule has 0 bridgehead atoms. The summed E-state index contributed by atoms with van der Waals surface area (Å²) in [6.07, 6.45) is 2.77. The Morgan fingerprint density at radius 3 is 2.78 bits per heavy atom. The van der Waals surface area contributed by atoms with Crippen LogP contribution in [0.3, 0.4) is 0 Å². The Morgan fingerprint density at radius 2 is 2.05 bits per heavy atom. The lowest BCUT2D eigenvalue weighted by atomic mass is 9.86. The Morgan fingerprint density at radius 1 is 1.27 bits per heavy atom. The number of ether oxygens (including phenoxy) is 2. The van der Waals surface area contributed by atoms with Crippen molar-refractivity contribution in [2.24, 2.45) is 5.92 Å². The first kappa shape index (κ1) is 29.3. The number of amides is 2. The van der Waals surface area contributed by atoms with Gasteiger partial charge < -0.3 is 33.9 Å². The summed E-state index contributed by atoms with van der Waals surface area (Å²) < 4.78 is 28.2. The number of aliphatic hydroxyl groups excluding tert-OH is 1. The van der Waals surface area contributed by atoms with E-state index in [0.717, 1.165) is 34.9 Å². The zero-order valence-corrected chi connectivity index (χ0v) is 25.2. The first-order valence-electron chi connectivity index (χ1n) is 14.4. The summed E-state index contributed by atoms with van der Waals surface area (Å²) >= 11 is 0. The minimum atomic E-state index is -3.36. The number of carbonyl (C=O) groups is 2. The van der Waals surface area contributed by atoms with Crippen LogP contribution in [0.5, 0.6) is 5.75 Å². The van der Waals surface area contributed by atoms with Crippen molar-refractivity contribution in [3.8, 4) is 5.75 Å². The van der Waals surface area contributed by atoms with Gasteiger partial charge in [-0.05, 0) is 55.8 Å². The molecule has 2 aliphatic heterocycles. The lowest BCUT2D eigenvalue weighted by Crippen LogP contribution is -2.48. The summed E-state index contributed by atoms with van der Waals surface area (Å²) in [5.74, 6) is 0.0590. The van der Waals surface area contributed by atoms with Gasteiger partial charge in [0, 0.05) is 59.9 Å². The highest BCUT2D eigenvalue weighted by atomic mass is 28.4. The maximum absolute atomic E-state index is 15.9. The van der Waals surface area contributed by atoms with E-state index in [1.165, 1.54) is 0 Å². The lowest BCUT2D eigenvalue weighted by molar-refractivity contribution is -0.133. The predicted molar refractivity (Wildman–Crippen MR) is 159 cm³/mol. The Labute approximate surface area is 241 Å². The van der Waals surface area contributed by atoms with Crippen LogP contribution in [0.1, 0.15) is 43.4 Å². The number of carbonyl (C=O) groups excluding carboxylic acids is 2. The topological polar surface area (TPSA) is 104 Å². The number of methoxy groups -OCH3 is 1. The maximum atomic E-state index is 15.9. The summed E-state index contributed by atoms with van der Waals surface area (Å²) in [7, 11) is -1.74. The highest BCUT2D eigenvalue weighted by Gasteiger charge is 2.49. The Hall–Kier alpha value is -3.21. The van der Waals surface area contributed by atoms with Crippen molar-refractivity contribution >= 4 is 36.8 Å². The second-order valence-electron chi connectivity index (χ2n) is 11.9. The molecule has 2 aliphatic rings.